The number of nitrogens with zero attached hydrogens (tertiary/aromatic N) is 2. The molecule has 1 saturated carbocycles. The summed E-state index contributed by atoms with van der Waals surface area (Å²) in [6, 6.07) is 0. The first kappa shape index (κ1) is 21.6. The van der Waals surface area contributed by atoms with Crippen molar-refractivity contribution in [1.82, 2.24) is 15.6 Å². The van der Waals surface area contributed by atoms with E-state index in [1.165, 1.54) is 42.0 Å². The molecule has 1 aliphatic carbocycles. The summed E-state index contributed by atoms with van der Waals surface area (Å²) in [7, 11) is 1.81. The first-order chi connectivity index (χ1) is 11.3. The summed E-state index contributed by atoms with van der Waals surface area (Å²) in [6.07, 6.45) is 10.9. The van der Waals surface area contributed by atoms with E-state index in [1.54, 1.807) is 18.4 Å². The van der Waals surface area contributed by atoms with E-state index >= 15 is 0 Å². The third kappa shape index (κ3) is 8.62. The summed E-state index contributed by atoms with van der Waals surface area (Å²) >= 11 is 1.76. The lowest BCUT2D eigenvalue weighted by Gasteiger charge is -2.22. The van der Waals surface area contributed by atoms with E-state index in [2.05, 4.69) is 27.5 Å². The molecule has 2 rings (SSSR count). The van der Waals surface area contributed by atoms with Crippen molar-refractivity contribution in [2.75, 3.05) is 26.7 Å². The molecule has 0 amide bonds. The molecule has 138 valence electrons. The highest BCUT2D eigenvalue weighted by Gasteiger charge is 2.12. The Morgan fingerprint density at radius 2 is 2.04 bits per heavy atom. The van der Waals surface area contributed by atoms with E-state index in [1.807, 2.05) is 6.20 Å². The predicted octanol–water partition coefficient (Wildman–Crippen LogP) is 3.52. The number of aliphatic imine (C=N–C) groups is 1. The highest BCUT2D eigenvalue weighted by Crippen LogP contribution is 2.20. The Labute approximate surface area is 167 Å². The molecule has 1 aromatic rings. The van der Waals surface area contributed by atoms with Crippen LogP contribution >= 0.6 is 35.3 Å². The van der Waals surface area contributed by atoms with Gasteiger partial charge >= 0.3 is 0 Å². The second-order valence-electron chi connectivity index (χ2n) is 6.02. The molecule has 0 spiro atoms. The van der Waals surface area contributed by atoms with Crippen molar-refractivity contribution in [1.29, 1.82) is 0 Å². The van der Waals surface area contributed by atoms with Crippen LogP contribution in [0.3, 0.4) is 0 Å². The number of halogens is 1. The lowest BCUT2D eigenvalue weighted by molar-refractivity contribution is 0.0277. The van der Waals surface area contributed by atoms with Gasteiger partial charge < -0.3 is 15.4 Å². The molecule has 0 atom stereocenters. The third-order valence-electron chi connectivity index (χ3n) is 4.04. The average molecular weight is 466 g/mol. The van der Waals surface area contributed by atoms with Crippen molar-refractivity contribution < 1.29 is 4.74 Å². The van der Waals surface area contributed by atoms with E-state index in [0.29, 0.717) is 6.10 Å². The van der Waals surface area contributed by atoms with Gasteiger partial charge in [-0.25, -0.2) is 4.98 Å². The van der Waals surface area contributed by atoms with Gasteiger partial charge in [-0.1, -0.05) is 19.3 Å². The van der Waals surface area contributed by atoms with Crippen LogP contribution in [-0.4, -0.2) is 43.8 Å². The first-order valence-electron chi connectivity index (χ1n) is 8.75. The lowest BCUT2D eigenvalue weighted by atomic mass is 9.98. The molecule has 0 saturated heterocycles. The molecule has 0 aromatic carbocycles. The van der Waals surface area contributed by atoms with E-state index in [4.69, 9.17) is 4.74 Å². The Bertz CT molecular complexity index is 475. The summed E-state index contributed by atoms with van der Waals surface area (Å²) in [5.74, 6) is 0.857. The monoisotopic (exact) mass is 466 g/mol. The van der Waals surface area contributed by atoms with Gasteiger partial charge in [0.1, 0.15) is 0 Å². The standard InChI is InChI=1S/C17H30N4OS.HI/c1-14-13-21-16(23-14)9-11-20-17(18-2)19-10-6-12-22-15-7-4-3-5-8-15;/h13,15H,3-12H2,1-2H3,(H2,18,19,20);1H. The van der Waals surface area contributed by atoms with Crippen LogP contribution in [0.1, 0.15) is 48.4 Å². The van der Waals surface area contributed by atoms with Crippen LogP contribution in [0.15, 0.2) is 11.2 Å². The van der Waals surface area contributed by atoms with E-state index < -0.39 is 0 Å². The number of nitrogens with one attached hydrogen (secondary N) is 2. The number of guanidine groups is 1. The van der Waals surface area contributed by atoms with E-state index in [0.717, 1.165) is 38.5 Å². The minimum atomic E-state index is 0. The zero-order chi connectivity index (χ0) is 16.3. The van der Waals surface area contributed by atoms with Gasteiger partial charge in [0, 0.05) is 44.2 Å². The zero-order valence-electron chi connectivity index (χ0n) is 14.8. The molecule has 5 nitrogen and oxygen atoms in total. The minimum Gasteiger partial charge on any atom is -0.378 e. The maximum Gasteiger partial charge on any atom is 0.190 e. The smallest absolute Gasteiger partial charge is 0.190 e. The number of thiazole rings is 1. The highest BCUT2D eigenvalue weighted by molar-refractivity contribution is 14.0. The van der Waals surface area contributed by atoms with Crippen molar-refractivity contribution in [3.8, 4) is 0 Å². The normalized spacial score (nSPS) is 15.8. The molecule has 1 aromatic heterocycles. The fraction of sp³-hybridized carbons (Fsp3) is 0.765. The first-order valence-corrected chi connectivity index (χ1v) is 9.57. The lowest BCUT2D eigenvalue weighted by Crippen LogP contribution is -2.39. The fourth-order valence-corrected chi connectivity index (χ4v) is 3.57. The summed E-state index contributed by atoms with van der Waals surface area (Å²) in [4.78, 5) is 9.88. The number of ether oxygens (including phenoxy) is 1. The molecule has 1 fully saturated rings. The molecular weight excluding hydrogens is 435 g/mol. The molecule has 7 heteroatoms. The van der Waals surface area contributed by atoms with Crippen LogP contribution in [0.25, 0.3) is 0 Å². The van der Waals surface area contributed by atoms with E-state index in [9.17, 15) is 0 Å². The van der Waals surface area contributed by atoms with Crippen LogP contribution < -0.4 is 10.6 Å². The van der Waals surface area contributed by atoms with E-state index in [-0.39, 0.29) is 24.0 Å². The summed E-state index contributed by atoms with van der Waals surface area (Å²) in [5.41, 5.74) is 0. The Kier molecular flexibility index (Phi) is 11.6. The molecule has 2 N–H and O–H groups in total. The Balaban J connectivity index is 0.00000288. The molecule has 0 aliphatic heterocycles. The number of aryl methyl sites for hydroxylation is 1. The van der Waals surface area contributed by atoms with Crippen LogP contribution in [-0.2, 0) is 11.2 Å². The molecule has 0 radical (unpaired) electrons. The number of aromatic nitrogens is 1. The molecule has 0 bridgehead atoms. The second kappa shape index (κ2) is 12.9. The molecule has 24 heavy (non-hydrogen) atoms. The van der Waals surface area contributed by atoms with Gasteiger partial charge in [0.25, 0.3) is 0 Å². The van der Waals surface area contributed by atoms with Crippen molar-refractivity contribution in [3.63, 3.8) is 0 Å². The van der Waals surface area contributed by atoms with Gasteiger partial charge in [0.15, 0.2) is 5.96 Å². The van der Waals surface area contributed by atoms with Crippen molar-refractivity contribution in [2.45, 2.75) is 58.0 Å². The van der Waals surface area contributed by atoms with Crippen LogP contribution in [0.4, 0.5) is 0 Å². The number of rotatable bonds is 8. The molecular formula is C17H31IN4OS. The molecule has 0 unspecified atom stereocenters. The van der Waals surface area contributed by atoms with Gasteiger partial charge in [-0.3, -0.25) is 4.99 Å². The second-order valence-corrected chi connectivity index (χ2v) is 7.34. The predicted molar refractivity (Wildman–Crippen MR) is 113 cm³/mol. The third-order valence-corrected chi connectivity index (χ3v) is 5.02. The Hall–Kier alpha value is -0.410. The number of hydrogen-bond donors (Lipinski definition) is 2. The maximum atomic E-state index is 5.93. The largest absolute Gasteiger partial charge is 0.378 e. The van der Waals surface area contributed by atoms with Gasteiger partial charge in [0.05, 0.1) is 11.1 Å². The van der Waals surface area contributed by atoms with Crippen molar-refractivity contribution in [2.24, 2.45) is 4.99 Å². The topological polar surface area (TPSA) is 58.5 Å². The zero-order valence-corrected chi connectivity index (χ0v) is 18.0. The van der Waals surface area contributed by atoms with Gasteiger partial charge in [-0.05, 0) is 26.2 Å². The van der Waals surface area contributed by atoms with Crippen LogP contribution in [0.5, 0.6) is 0 Å². The minimum absolute atomic E-state index is 0. The highest BCUT2D eigenvalue weighted by atomic mass is 127. The Morgan fingerprint density at radius 1 is 1.29 bits per heavy atom. The van der Waals surface area contributed by atoms with Gasteiger partial charge in [0.2, 0.25) is 0 Å². The maximum absolute atomic E-state index is 5.93. The van der Waals surface area contributed by atoms with Crippen LogP contribution in [0.2, 0.25) is 0 Å². The van der Waals surface area contributed by atoms with Crippen molar-refractivity contribution >= 4 is 41.3 Å². The average Bonchev–Trinajstić information content (AvgIpc) is 2.99. The SMILES string of the molecule is CN=C(NCCCOC1CCCCC1)NCCc1ncc(C)s1.I. The fourth-order valence-electron chi connectivity index (χ4n) is 2.79. The van der Waals surface area contributed by atoms with Crippen molar-refractivity contribution in [3.05, 3.63) is 16.1 Å². The quantitative estimate of drug-likeness (QED) is 0.267. The summed E-state index contributed by atoms with van der Waals surface area (Å²) < 4.78 is 5.93. The summed E-state index contributed by atoms with van der Waals surface area (Å²) in [6.45, 7) is 4.67. The van der Waals surface area contributed by atoms with Gasteiger partial charge in [-0.2, -0.15) is 0 Å². The number of hydrogen-bond acceptors (Lipinski definition) is 4. The Morgan fingerprint density at radius 3 is 2.71 bits per heavy atom. The molecule has 1 heterocycles. The summed E-state index contributed by atoms with van der Waals surface area (Å²) in [5, 5.41) is 7.85. The molecule has 1 aliphatic rings. The van der Waals surface area contributed by atoms with Crippen LogP contribution in [0, 0.1) is 6.92 Å². The van der Waals surface area contributed by atoms with Gasteiger partial charge in [-0.15, -0.1) is 35.3 Å².